The van der Waals surface area contributed by atoms with Crippen molar-refractivity contribution in [2.24, 2.45) is 5.92 Å². The van der Waals surface area contributed by atoms with E-state index in [1.807, 2.05) is 51.1 Å². The van der Waals surface area contributed by atoms with Gasteiger partial charge in [0.15, 0.2) is 11.8 Å². The van der Waals surface area contributed by atoms with Gasteiger partial charge in [0, 0.05) is 18.7 Å². The highest BCUT2D eigenvalue weighted by atomic mass is 32.2. The maximum atomic E-state index is 13.5. The van der Waals surface area contributed by atoms with Crippen molar-refractivity contribution in [2.75, 3.05) is 16.2 Å². The van der Waals surface area contributed by atoms with Crippen LogP contribution in [-0.4, -0.2) is 38.4 Å². The van der Waals surface area contributed by atoms with Gasteiger partial charge in [-0.05, 0) is 60.9 Å². The topological polar surface area (TPSA) is 92.8 Å². The molecule has 0 spiro atoms. The molecule has 4 rings (SSSR count). The lowest BCUT2D eigenvalue weighted by Gasteiger charge is -2.44. The zero-order valence-electron chi connectivity index (χ0n) is 21.2. The molecule has 2 aromatic carbocycles. The zero-order valence-corrected chi connectivity index (χ0v) is 22.8. The van der Waals surface area contributed by atoms with E-state index in [1.165, 1.54) is 6.07 Å². The first-order chi connectivity index (χ1) is 17.6. The molecule has 9 heteroatoms. The van der Waals surface area contributed by atoms with E-state index in [0.29, 0.717) is 30.8 Å². The molecule has 1 aromatic heterocycles. The van der Waals surface area contributed by atoms with Crippen molar-refractivity contribution in [3.8, 4) is 0 Å². The van der Waals surface area contributed by atoms with Crippen molar-refractivity contribution in [3.63, 3.8) is 0 Å². The van der Waals surface area contributed by atoms with E-state index in [4.69, 9.17) is 4.74 Å². The highest BCUT2D eigenvalue weighted by Crippen LogP contribution is 2.38. The molecule has 2 heterocycles. The Hall–Kier alpha value is -3.17. The molecule has 1 saturated heterocycles. The number of carbonyl (C=O) groups excluding carboxylic acids is 2. The van der Waals surface area contributed by atoms with Crippen LogP contribution in [0.25, 0.3) is 0 Å². The number of ketones is 1. The van der Waals surface area contributed by atoms with E-state index in [2.05, 4.69) is 4.72 Å². The fourth-order valence-electron chi connectivity index (χ4n) is 4.75. The number of sulfonamides is 1. The largest absolute Gasteiger partial charge is 0.456 e. The molecule has 7 nitrogen and oxygen atoms in total. The lowest BCUT2D eigenvalue weighted by atomic mass is 9.77. The van der Waals surface area contributed by atoms with Crippen molar-refractivity contribution >= 4 is 44.5 Å². The van der Waals surface area contributed by atoms with Crippen LogP contribution in [0.3, 0.4) is 0 Å². The average molecular weight is 541 g/mol. The first-order valence-corrected chi connectivity index (χ1v) is 14.7. The normalized spacial score (nSPS) is 20.1. The summed E-state index contributed by atoms with van der Waals surface area (Å²) in [6, 6.07) is 18.8. The number of aryl methyl sites for hydroxylation is 1. The van der Waals surface area contributed by atoms with Crippen molar-refractivity contribution in [3.05, 3.63) is 77.7 Å². The molecule has 0 amide bonds. The Morgan fingerprint density at radius 1 is 1.08 bits per heavy atom. The van der Waals surface area contributed by atoms with Crippen molar-refractivity contribution in [1.29, 1.82) is 0 Å². The molecule has 0 saturated carbocycles. The lowest BCUT2D eigenvalue weighted by Crippen LogP contribution is -2.59. The van der Waals surface area contributed by atoms with Gasteiger partial charge in [-0.15, -0.1) is 11.3 Å². The average Bonchev–Trinajstić information content (AvgIpc) is 3.42. The number of Topliss-reactive ketones (excluding diaryl/α,β-unsaturated/α-hetero) is 1. The Kier molecular flexibility index (Phi) is 8.04. The molecule has 0 radical (unpaired) electrons. The summed E-state index contributed by atoms with van der Waals surface area (Å²) in [5.41, 5.74) is 1.17. The Labute approximate surface area is 222 Å². The zero-order chi connectivity index (χ0) is 26.6. The van der Waals surface area contributed by atoms with Crippen LogP contribution in [0.1, 0.15) is 39.2 Å². The van der Waals surface area contributed by atoms with Gasteiger partial charge < -0.3 is 9.64 Å². The van der Waals surface area contributed by atoms with Crippen LogP contribution in [0, 0.1) is 5.92 Å². The summed E-state index contributed by atoms with van der Waals surface area (Å²) in [6.07, 6.45) is 1.40. The van der Waals surface area contributed by atoms with Gasteiger partial charge >= 0.3 is 5.97 Å². The minimum Gasteiger partial charge on any atom is -0.456 e. The molecule has 1 aliphatic rings. The molecule has 196 valence electrons. The summed E-state index contributed by atoms with van der Waals surface area (Å²) in [6.45, 7) is 6.17. The summed E-state index contributed by atoms with van der Waals surface area (Å²) < 4.78 is 34.2. The maximum absolute atomic E-state index is 13.5. The molecule has 2 unspecified atom stereocenters. The second-order valence-corrected chi connectivity index (χ2v) is 12.4. The number of anilines is 2. The first kappa shape index (κ1) is 26.9. The van der Waals surface area contributed by atoms with Gasteiger partial charge in [-0.25, -0.2) is 13.2 Å². The number of hydrogen-bond acceptors (Lipinski definition) is 7. The van der Waals surface area contributed by atoms with Gasteiger partial charge in [0.05, 0.1) is 5.69 Å². The van der Waals surface area contributed by atoms with Crippen LogP contribution in [0.2, 0.25) is 0 Å². The van der Waals surface area contributed by atoms with Crippen LogP contribution in [0.5, 0.6) is 0 Å². The standard InChI is InChI=1S/C28H32N2O5S2/c1-4-30(23-13-8-12-22(18-23)29-37(33,34)25-14-9-17-36-25)26-24(31)19-28(20(2)3,35-27(26)32)16-15-21-10-6-5-7-11-21/h5-14,17-18,20,26,29H,4,15-16,19H2,1-3H3. The van der Waals surface area contributed by atoms with Gasteiger partial charge in [-0.1, -0.05) is 56.3 Å². The molecule has 2 atom stereocenters. The molecular formula is C28H32N2O5S2. The minimum atomic E-state index is -3.73. The van der Waals surface area contributed by atoms with E-state index >= 15 is 0 Å². The number of cyclic esters (lactones) is 1. The first-order valence-electron chi connectivity index (χ1n) is 12.4. The molecule has 1 fully saturated rings. The number of esters is 1. The van der Waals surface area contributed by atoms with Gasteiger partial charge in [-0.3, -0.25) is 9.52 Å². The maximum Gasteiger partial charge on any atom is 0.337 e. The molecule has 1 aliphatic heterocycles. The quantitative estimate of drug-likeness (QED) is 0.278. The van der Waals surface area contributed by atoms with E-state index in [-0.39, 0.29) is 22.3 Å². The van der Waals surface area contributed by atoms with E-state index in [0.717, 1.165) is 16.9 Å². The number of carbonyl (C=O) groups is 2. The molecule has 0 aliphatic carbocycles. The number of ether oxygens (including phenoxy) is 1. The Morgan fingerprint density at radius 3 is 2.46 bits per heavy atom. The fourth-order valence-corrected chi connectivity index (χ4v) is 6.79. The van der Waals surface area contributed by atoms with Gasteiger partial charge in [0.1, 0.15) is 9.81 Å². The van der Waals surface area contributed by atoms with Crippen LogP contribution < -0.4 is 9.62 Å². The van der Waals surface area contributed by atoms with E-state index in [1.54, 1.807) is 40.6 Å². The van der Waals surface area contributed by atoms with Crippen LogP contribution in [0.15, 0.2) is 76.3 Å². The lowest BCUT2D eigenvalue weighted by molar-refractivity contribution is -0.179. The van der Waals surface area contributed by atoms with E-state index in [9.17, 15) is 18.0 Å². The number of likely N-dealkylation sites (N-methyl/N-ethyl adjacent to an activating group) is 1. The highest BCUT2D eigenvalue weighted by Gasteiger charge is 2.50. The second-order valence-electron chi connectivity index (χ2n) is 9.55. The summed E-state index contributed by atoms with van der Waals surface area (Å²) in [5, 5.41) is 1.70. The second kappa shape index (κ2) is 11.1. The third-order valence-corrected chi connectivity index (χ3v) is 9.66. The molecule has 0 bridgehead atoms. The number of thiophene rings is 1. The predicted octanol–water partition coefficient (Wildman–Crippen LogP) is 5.29. The van der Waals surface area contributed by atoms with Gasteiger partial charge in [-0.2, -0.15) is 0 Å². The highest BCUT2D eigenvalue weighted by molar-refractivity contribution is 7.94. The number of nitrogens with one attached hydrogen (secondary N) is 1. The smallest absolute Gasteiger partial charge is 0.337 e. The van der Waals surface area contributed by atoms with Crippen LogP contribution in [0.4, 0.5) is 11.4 Å². The number of nitrogens with zero attached hydrogens (tertiary/aromatic N) is 1. The number of rotatable bonds is 10. The summed E-state index contributed by atoms with van der Waals surface area (Å²) in [5.74, 6) is -0.788. The van der Waals surface area contributed by atoms with E-state index < -0.39 is 27.6 Å². The third kappa shape index (κ3) is 5.88. The summed E-state index contributed by atoms with van der Waals surface area (Å²) in [4.78, 5) is 28.6. The molecule has 3 aromatic rings. The Morgan fingerprint density at radius 2 is 1.84 bits per heavy atom. The minimum absolute atomic E-state index is 0.0323. The van der Waals surface area contributed by atoms with Gasteiger partial charge in [0.2, 0.25) is 0 Å². The molecule has 37 heavy (non-hydrogen) atoms. The fraction of sp³-hybridized carbons (Fsp3) is 0.357. The van der Waals surface area contributed by atoms with Crippen molar-refractivity contribution in [1.82, 2.24) is 0 Å². The Balaban J connectivity index is 1.54. The molecular weight excluding hydrogens is 508 g/mol. The summed E-state index contributed by atoms with van der Waals surface area (Å²) >= 11 is 1.13. The van der Waals surface area contributed by atoms with Crippen LogP contribution in [-0.2, 0) is 30.8 Å². The SMILES string of the molecule is CCN(c1cccc(NS(=O)(=O)c2cccs2)c1)C1C(=O)CC(CCc2ccccc2)(C(C)C)OC1=O. The summed E-state index contributed by atoms with van der Waals surface area (Å²) in [7, 11) is -3.73. The third-order valence-electron chi connectivity index (χ3n) is 6.88. The number of benzene rings is 2. The van der Waals surface area contributed by atoms with Crippen molar-refractivity contribution < 1.29 is 22.7 Å². The number of hydrogen-bond donors (Lipinski definition) is 1. The molecule has 1 N–H and O–H groups in total. The van der Waals surface area contributed by atoms with Gasteiger partial charge in [0.25, 0.3) is 10.0 Å². The van der Waals surface area contributed by atoms with Crippen molar-refractivity contribution in [2.45, 2.75) is 55.9 Å². The monoisotopic (exact) mass is 540 g/mol. The Bertz CT molecular complexity index is 1320. The predicted molar refractivity (Wildman–Crippen MR) is 146 cm³/mol. The van der Waals surface area contributed by atoms with Crippen LogP contribution >= 0.6 is 11.3 Å².